The molecular formula is C25H30F2N4O4S. The van der Waals surface area contributed by atoms with Gasteiger partial charge in [-0.3, -0.25) is 14.5 Å². The molecule has 194 valence electrons. The molecule has 2 amide bonds. The van der Waals surface area contributed by atoms with Crippen LogP contribution in [0.4, 0.5) is 14.5 Å². The van der Waals surface area contributed by atoms with E-state index >= 15 is 0 Å². The van der Waals surface area contributed by atoms with Crippen LogP contribution in [0.1, 0.15) is 49.3 Å². The molecular weight excluding hydrogens is 490 g/mol. The average molecular weight is 521 g/mol. The number of anilines is 1. The highest BCUT2D eigenvalue weighted by Crippen LogP contribution is 2.32. The largest absolute Gasteiger partial charge is 0.351 e. The minimum Gasteiger partial charge on any atom is -0.351 e. The summed E-state index contributed by atoms with van der Waals surface area (Å²) in [5.74, 6) is -3.17. The number of nitrogens with one attached hydrogen (secondary N) is 2. The monoisotopic (exact) mass is 520 g/mol. The Balaban J connectivity index is 1.74. The van der Waals surface area contributed by atoms with Crippen molar-refractivity contribution in [3.05, 3.63) is 65.2 Å². The number of carbonyl (C=O) groups is 2. The normalized spacial score (nSPS) is 17.4. The lowest BCUT2D eigenvalue weighted by atomic mass is 9.93. The van der Waals surface area contributed by atoms with Crippen molar-refractivity contribution in [2.45, 2.75) is 51.1 Å². The molecule has 0 aromatic heterocycles. The van der Waals surface area contributed by atoms with E-state index in [1.54, 1.807) is 31.2 Å². The third kappa shape index (κ3) is 6.26. The molecule has 1 saturated heterocycles. The van der Waals surface area contributed by atoms with Crippen LogP contribution in [0.25, 0.3) is 0 Å². The van der Waals surface area contributed by atoms with Crippen molar-refractivity contribution in [2.75, 3.05) is 24.5 Å². The molecule has 2 fully saturated rings. The molecule has 2 aromatic carbocycles. The highest BCUT2D eigenvalue weighted by Gasteiger charge is 2.37. The Morgan fingerprint density at radius 3 is 2.31 bits per heavy atom. The summed E-state index contributed by atoms with van der Waals surface area (Å²) in [7, 11) is -3.87. The van der Waals surface area contributed by atoms with Gasteiger partial charge in [-0.05, 0) is 43.0 Å². The van der Waals surface area contributed by atoms with Crippen molar-refractivity contribution >= 4 is 27.7 Å². The minimum absolute atomic E-state index is 0.0832. The number of benzene rings is 2. The zero-order chi connectivity index (χ0) is 25.9. The fourth-order valence-corrected chi connectivity index (χ4v) is 5.60. The first kappa shape index (κ1) is 26.2. The quantitative estimate of drug-likeness (QED) is 0.497. The number of rotatable bonds is 9. The first-order chi connectivity index (χ1) is 17.2. The molecule has 1 aliphatic heterocycles. The summed E-state index contributed by atoms with van der Waals surface area (Å²) in [6.45, 7) is 1.78. The highest BCUT2D eigenvalue weighted by molar-refractivity contribution is 7.87. The number of aryl methyl sites for hydroxylation is 1. The van der Waals surface area contributed by atoms with Crippen LogP contribution in [0.15, 0.2) is 42.5 Å². The van der Waals surface area contributed by atoms with Crippen LogP contribution >= 0.6 is 0 Å². The lowest BCUT2D eigenvalue weighted by Crippen LogP contribution is -2.50. The molecule has 0 spiro atoms. The summed E-state index contributed by atoms with van der Waals surface area (Å²) in [6.07, 6.45) is 4.61. The van der Waals surface area contributed by atoms with Gasteiger partial charge in [-0.15, -0.1) is 0 Å². The van der Waals surface area contributed by atoms with Crippen molar-refractivity contribution in [3.63, 3.8) is 0 Å². The van der Waals surface area contributed by atoms with Crippen LogP contribution in [0.5, 0.6) is 0 Å². The Kier molecular flexibility index (Phi) is 8.01. The Morgan fingerprint density at radius 2 is 1.69 bits per heavy atom. The molecule has 4 rings (SSSR count). The summed E-state index contributed by atoms with van der Waals surface area (Å²) >= 11 is 0. The molecule has 8 nitrogen and oxygen atoms in total. The van der Waals surface area contributed by atoms with Gasteiger partial charge >= 0.3 is 0 Å². The molecule has 1 unspecified atom stereocenters. The van der Waals surface area contributed by atoms with Gasteiger partial charge in [0.25, 0.3) is 10.2 Å². The summed E-state index contributed by atoms with van der Waals surface area (Å²) < 4.78 is 56.5. The summed E-state index contributed by atoms with van der Waals surface area (Å²) in [6, 6.07) is 8.16. The van der Waals surface area contributed by atoms with Crippen molar-refractivity contribution in [1.82, 2.24) is 14.3 Å². The van der Waals surface area contributed by atoms with Crippen LogP contribution in [0, 0.1) is 18.6 Å². The lowest BCUT2D eigenvalue weighted by Gasteiger charge is -2.34. The first-order valence-electron chi connectivity index (χ1n) is 12.0. The summed E-state index contributed by atoms with van der Waals surface area (Å²) in [4.78, 5) is 28.3. The van der Waals surface area contributed by atoms with Crippen LogP contribution in [-0.4, -0.2) is 50.2 Å². The van der Waals surface area contributed by atoms with E-state index in [-0.39, 0.29) is 11.7 Å². The van der Waals surface area contributed by atoms with E-state index < -0.39 is 46.2 Å². The van der Waals surface area contributed by atoms with Crippen molar-refractivity contribution < 1.29 is 26.8 Å². The second kappa shape index (κ2) is 11.0. The number of nitrogens with zero attached hydrogens (tertiary/aromatic N) is 2. The molecule has 11 heteroatoms. The van der Waals surface area contributed by atoms with Gasteiger partial charge in [0.15, 0.2) is 0 Å². The van der Waals surface area contributed by atoms with E-state index in [1.165, 1.54) is 0 Å². The van der Waals surface area contributed by atoms with Gasteiger partial charge in [0.05, 0.1) is 12.2 Å². The predicted octanol–water partition coefficient (Wildman–Crippen LogP) is 2.95. The molecule has 1 heterocycles. The summed E-state index contributed by atoms with van der Waals surface area (Å²) in [5.41, 5.74) is 0.980. The lowest BCUT2D eigenvalue weighted by molar-refractivity contribution is -0.127. The topological polar surface area (TPSA) is 98.6 Å². The summed E-state index contributed by atoms with van der Waals surface area (Å²) in [5, 5.41) is 3.01. The maximum Gasteiger partial charge on any atom is 0.280 e. The zero-order valence-electron chi connectivity index (χ0n) is 20.0. The van der Waals surface area contributed by atoms with Crippen molar-refractivity contribution in [1.29, 1.82) is 0 Å². The standard InChI is InChI=1S/C25H30F2N4O4S/c1-17-7-5-6-10-22(17)24(25(33)29-20-8-3-2-4-9-20)31(21-14-18(26)13-19(27)15-21)23(32)16-28-36(34,35)30-11-12-30/h5-7,10,13-15,20,24,28H,2-4,8-9,11-12,16H2,1H3,(H,29,33). The van der Waals surface area contributed by atoms with Crippen LogP contribution in [-0.2, 0) is 19.8 Å². The Labute approximate surface area is 209 Å². The molecule has 2 aromatic rings. The molecule has 1 aliphatic carbocycles. The van der Waals surface area contributed by atoms with E-state index in [9.17, 15) is 26.8 Å². The Morgan fingerprint density at radius 1 is 1.06 bits per heavy atom. The Hall–Kier alpha value is -2.89. The SMILES string of the molecule is Cc1ccccc1C(C(=O)NC1CCCCC1)N(C(=O)CNS(=O)(=O)N1CC1)c1cc(F)cc(F)c1. The number of hydrogen-bond acceptors (Lipinski definition) is 4. The number of carbonyl (C=O) groups excluding carboxylic acids is 2. The molecule has 2 N–H and O–H groups in total. The van der Waals surface area contributed by atoms with Crippen LogP contribution in [0.3, 0.4) is 0 Å². The van der Waals surface area contributed by atoms with Gasteiger partial charge < -0.3 is 5.32 Å². The van der Waals surface area contributed by atoms with Gasteiger partial charge in [-0.25, -0.2) is 8.78 Å². The van der Waals surface area contributed by atoms with Crippen molar-refractivity contribution in [2.24, 2.45) is 0 Å². The smallest absolute Gasteiger partial charge is 0.280 e. The van der Waals surface area contributed by atoms with Gasteiger partial charge in [-0.2, -0.15) is 17.4 Å². The molecule has 0 radical (unpaired) electrons. The maximum absolute atomic E-state index is 14.3. The van der Waals surface area contributed by atoms with Gasteiger partial charge in [0.2, 0.25) is 11.8 Å². The second-order valence-electron chi connectivity index (χ2n) is 9.22. The van der Waals surface area contributed by atoms with Gasteiger partial charge in [0, 0.05) is 25.2 Å². The molecule has 0 bridgehead atoms. The highest BCUT2D eigenvalue weighted by atomic mass is 32.2. The second-order valence-corrected chi connectivity index (χ2v) is 11.0. The predicted molar refractivity (Wildman–Crippen MR) is 131 cm³/mol. The first-order valence-corrected chi connectivity index (χ1v) is 13.5. The van der Waals surface area contributed by atoms with E-state index in [2.05, 4.69) is 10.0 Å². The average Bonchev–Trinajstić information content (AvgIpc) is 3.68. The fraction of sp³-hybridized carbons (Fsp3) is 0.440. The zero-order valence-corrected chi connectivity index (χ0v) is 20.9. The minimum atomic E-state index is -3.87. The molecule has 1 saturated carbocycles. The van der Waals surface area contributed by atoms with Gasteiger partial charge in [-0.1, -0.05) is 43.5 Å². The third-order valence-electron chi connectivity index (χ3n) is 6.49. The van der Waals surface area contributed by atoms with E-state index in [0.29, 0.717) is 30.3 Å². The van der Waals surface area contributed by atoms with E-state index in [4.69, 9.17) is 0 Å². The van der Waals surface area contributed by atoms with E-state index in [0.717, 1.165) is 53.4 Å². The number of halogens is 2. The van der Waals surface area contributed by atoms with Gasteiger partial charge in [0.1, 0.15) is 17.7 Å². The Bertz CT molecular complexity index is 1210. The number of amides is 2. The fourth-order valence-electron chi connectivity index (χ4n) is 4.54. The molecule has 2 aliphatic rings. The molecule has 1 atom stereocenters. The van der Waals surface area contributed by atoms with Crippen molar-refractivity contribution in [3.8, 4) is 0 Å². The molecule has 36 heavy (non-hydrogen) atoms. The third-order valence-corrected chi connectivity index (χ3v) is 8.04. The van der Waals surface area contributed by atoms with E-state index in [1.807, 2.05) is 0 Å². The maximum atomic E-state index is 14.3. The van der Waals surface area contributed by atoms with Crippen LogP contribution < -0.4 is 14.9 Å². The van der Waals surface area contributed by atoms with Crippen LogP contribution in [0.2, 0.25) is 0 Å². The number of hydrogen-bond donors (Lipinski definition) is 2.